The SMILES string of the molecule is CCN1CCC(Cc2cn3cc(Cl)ccc3n2)CC1. The van der Waals surface area contributed by atoms with E-state index in [4.69, 9.17) is 11.6 Å². The molecule has 3 nitrogen and oxygen atoms in total. The van der Waals surface area contributed by atoms with E-state index in [0.29, 0.717) is 0 Å². The number of pyridine rings is 1. The van der Waals surface area contributed by atoms with Gasteiger partial charge >= 0.3 is 0 Å². The molecule has 1 aliphatic heterocycles. The second-order valence-corrected chi connectivity index (χ2v) is 5.86. The molecular formula is C15H20ClN3. The molecule has 1 saturated heterocycles. The third kappa shape index (κ3) is 2.93. The molecule has 4 heteroatoms. The predicted octanol–water partition coefficient (Wildman–Crippen LogP) is 3.26. The minimum absolute atomic E-state index is 0.757. The van der Waals surface area contributed by atoms with Gasteiger partial charge in [0.1, 0.15) is 5.65 Å². The summed E-state index contributed by atoms with van der Waals surface area (Å²) in [7, 11) is 0. The molecule has 0 N–H and O–H groups in total. The van der Waals surface area contributed by atoms with Crippen LogP contribution in [0.1, 0.15) is 25.5 Å². The van der Waals surface area contributed by atoms with E-state index in [0.717, 1.165) is 23.0 Å². The van der Waals surface area contributed by atoms with Gasteiger partial charge in [-0.25, -0.2) is 4.98 Å². The molecule has 0 saturated carbocycles. The largest absolute Gasteiger partial charge is 0.305 e. The first-order chi connectivity index (χ1) is 9.24. The number of nitrogens with zero attached hydrogens (tertiary/aromatic N) is 3. The third-order valence-electron chi connectivity index (χ3n) is 4.12. The standard InChI is InChI=1S/C15H20ClN3/c1-2-18-7-5-12(6-8-18)9-14-11-19-10-13(16)3-4-15(19)17-14/h3-4,10-12H,2,5-9H2,1H3. The molecule has 0 amide bonds. The van der Waals surface area contributed by atoms with E-state index in [2.05, 4.69) is 23.0 Å². The van der Waals surface area contributed by atoms with Gasteiger partial charge in [0.05, 0.1) is 10.7 Å². The molecule has 2 aromatic rings. The molecule has 0 spiro atoms. The quantitative estimate of drug-likeness (QED) is 0.858. The number of fused-ring (bicyclic) bond motifs is 1. The highest BCUT2D eigenvalue weighted by molar-refractivity contribution is 6.30. The number of rotatable bonds is 3. The van der Waals surface area contributed by atoms with Crippen molar-refractivity contribution in [2.45, 2.75) is 26.2 Å². The van der Waals surface area contributed by atoms with Gasteiger partial charge in [0.2, 0.25) is 0 Å². The maximum atomic E-state index is 6.00. The first kappa shape index (κ1) is 12.9. The Morgan fingerprint density at radius 3 is 2.79 bits per heavy atom. The van der Waals surface area contributed by atoms with Gasteiger partial charge in [-0.15, -0.1) is 0 Å². The van der Waals surface area contributed by atoms with Crippen molar-refractivity contribution in [1.82, 2.24) is 14.3 Å². The number of aromatic nitrogens is 2. The summed E-state index contributed by atoms with van der Waals surface area (Å²) in [6.07, 6.45) is 7.72. The van der Waals surface area contributed by atoms with Gasteiger partial charge in [-0.2, -0.15) is 0 Å². The van der Waals surface area contributed by atoms with E-state index in [9.17, 15) is 0 Å². The Balaban J connectivity index is 1.68. The van der Waals surface area contributed by atoms with Crippen LogP contribution in [0.3, 0.4) is 0 Å². The summed E-state index contributed by atoms with van der Waals surface area (Å²) in [5, 5.41) is 0.757. The van der Waals surface area contributed by atoms with Crippen molar-refractivity contribution in [1.29, 1.82) is 0 Å². The van der Waals surface area contributed by atoms with Gasteiger partial charge in [0.15, 0.2) is 0 Å². The fourth-order valence-electron chi connectivity index (χ4n) is 2.92. The maximum absolute atomic E-state index is 6.00. The van der Waals surface area contributed by atoms with Crippen molar-refractivity contribution in [2.24, 2.45) is 5.92 Å². The molecule has 0 radical (unpaired) electrons. The molecule has 0 unspecified atom stereocenters. The van der Waals surface area contributed by atoms with Crippen LogP contribution in [0.5, 0.6) is 0 Å². The number of hydrogen-bond donors (Lipinski definition) is 0. The second kappa shape index (κ2) is 5.51. The number of halogens is 1. The van der Waals surface area contributed by atoms with Gasteiger partial charge in [-0.1, -0.05) is 18.5 Å². The average Bonchev–Trinajstić information content (AvgIpc) is 2.81. The van der Waals surface area contributed by atoms with E-state index in [1.165, 1.54) is 38.2 Å². The van der Waals surface area contributed by atoms with Gasteiger partial charge in [-0.05, 0) is 56.9 Å². The van der Waals surface area contributed by atoms with Gasteiger partial charge in [0.25, 0.3) is 0 Å². The molecule has 19 heavy (non-hydrogen) atoms. The topological polar surface area (TPSA) is 20.5 Å². The van der Waals surface area contributed by atoms with Crippen LogP contribution in [0, 0.1) is 5.92 Å². The van der Waals surface area contributed by atoms with Gasteiger partial charge in [0, 0.05) is 12.4 Å². The normalized spacial score (nSPS) is 18.2. The van der Waals surface area contributed by atoms with E-state index in [-0.39, 0.29) is 0 Å². The fraction of sp³-hybridized carbons (Fsp3) is 0.533. The number of imidazole rings is 1. The Bertz CT molecular complexity index is 556. The zero-order valence-electron chi connectivity index (χ0n) is 11.3. The zero-order chi connectivity index (χ0) is 13.2. The highest BCUT2D eigenvalue weighted by Gasteiger charge is 2.19. The first-order valence-electron chi connectivity index (χ1n) is 7.10. The lowest BCUT2D eigenvalue weighted by Gasteiger charge is -2.30. The lowest BCUT2D eigenvalue weighted by molar-refractivity contribution is 0.191. The number of piperidine rings is 1. The molecule has 0 atom stereocenters. The van der Waals surface area contributed by atoms with Crippen LogP contribution in [-0.4, -0.2) is 33.9 Å². The zero-order valence-corrected chi connectivity index (χ0v) is 12.1. The highest BCUT2D eigenvalue weighted by atomic mass is 35.5. The van der Waals surface area contributed by atoms with E-state index < -0.39 is 0 Å². The van der Waals surface area contributed by atoms with E-state index in [1.807, 2.05) is 22.7 Å². The molecule has 1 aliphatic rings. The molecular weight excluding hydrogens is 258 g/mol. The first-order valence-corrected chi connectivity index (χ1v) is 7.48. The van der Waals surface area contributed by atoms with Crippen molar-refractivity contribution in [3.8, 4) is 0 Å². The average molecular weight is 278 g/mol. The lowest BCUT2D eigenvalue weighted by Crippen LogP contribution is -2.34. The van der Waals surface area contributed by atoms with Crippen molar-refractivity contribution in [2.75, 3.05) is 19.6 Å². The summed E-state index contributed by atoms with van der Waals surface area (Å²) >= 11 is 6.00. The van der Waals surface area contributed by atoms with Gasteiger partial charge in [-0.3, -0.25) is 0 Å². The Kier molecular flexibility index (Phi) is 3.76. The molecule has 3 heterocycles. The molecule has 1 fully saturated rings. The minimum Gasteiger partial charge on any atom is -0.305 e. The van der Waals surface area contributed by atoms with E-state index in [1.54, 1.807) is 0 Å². The summed E-state index contributed by atoms with van der Waals surface area (Å²) < 4.78 is 2.03. The van der Waals surface area contributed by atoms with Crippen LogP contribution in [0.2, 0.25) is 5.02 Å². The number of likely N-dealkylation sites (tertiary alicyclic amines) is 1. The summed E-state index contributed by atoms with van der Waals surface area (Å²) in [5.74, 6) is 0.781. The summed E-state index contributed by atoms with van der Waals surface area (Å²) in [6, 6.07) is 3.87. The Morgan fingerprint density at radius 1 is 1.26 bits per heavy atom. The van der Waals surface area contributed by atoms with Crippen LogP contribution in [0.4, 0.5) is 0 Å². The van der Waals surface area contributed by atoms with Crippen molar-refractivity contribution >= 4 is 17.2 Å². The Morgan fingerprint density at radius 2 is 2.05 bits per heavy atom. The lowest BCUT2D eigenvalue weighted by atomic mass is 9.92. The molecule has 3 rings (SSSR count). The van der Waals surface area contributed by atoms with E-state index >= 15 is 0 Å². The van der Waals surface area contributed by atoms with Crippen molar-refractivity contribution in [3.63, 3.8) is 0 Å². The predicted molar refractivity (Wildman–Crippen MR) is 78.7 cm³/mol. The smallest absolute Gasteiger partial charge is 0.137 e. The van der Waals surface area contributed by atoms with Crippen LogP contribution >= 0.6 is 11.6 Å². The third-order valence-corrected chi connectivity index (χ3v) is 4.34. The molecule has 0 bridgehead atoms. The molecule has 0 aromatic carbocycles. The summed E-state index contributed by atoms with van der Waals surface area (Å²) in [5.41, 5.74) is 2.18. The second-order valence-electron chi connectivity index (χ2n) is 5.43. The van der Waals surface area contributed by atoms with Crippen LogP contribution in [0.25, 0.3) is 5.65 Å². The monoisotopic (exact) mass is 277 g/mol. The molecule has 2 aromatic heterocycles. The summed E-state index contributed by atoms with van der Waals surface area (Å²) in [6.45, 7) is 5.90. The van der Waals surface area contributed by atoms with Crippen molar-refractivity contribution in [3.05, 3.63) is 35.2 Å². The van der Waals surface area contributed by atoms with Crippen molar-refractivity contribution < 1.29 is 0 Å². The molecule has 102 valence electrons. The van der Waals surface area contributed by atoms with Crippen LogP contribution in [-0.2, 0) is 6.42 Å². The Labute approximate surface area is 119 Å². The Hall–Kier alpha value is -1.06. The summed E-state index contributed by atoms with van der Waals surface area (Å²) in [4.78, 5) is 7.21. The maximum Gasteiger partial charge on any atom is 0.137 e. The number of hydrogen-bond acceptors (Lipinski definition) is 2. The van der Waals surface area contributed by atoms with Crippen LogP contribution < -0.4 is 0 Å². The minimum atomic E-state index is 0.757. The fourth-order valence-corrected chi connectivity index (χ4v) is 3.09. The van der Waals surface area contributed by atoms with Crippen LogP contribution in [0.15, 0.2) is 24.5 Å². The van der Waals surface area contributed by atoms with Gasteiger partial charge < -0.3 is 9.30 Å². The highest BCUT2D eigenvalue weighted by Crippen LogP contribution is 2.22. The molecule has 0 aliphatic carbocycles.